The Bertz CT molecular complexity index is 927. The lowest BCUT2D eigenvalue weighted by molar-refractivity contribution is -0.123. The normalized spacial score (nSPS) is 16.2. The molecule has 5 nitrogen and oxygen atoms in total. The van der Waals surface area contributed by atoms with Crippen molar-refractivity contribution in [2.75, 3.05) is 6.61 Å². The zero-order valence-electron chi connectivity index (χ0n) is 16.3. The number of ether oxygens (including phenoxy) is 1. The predicted molar refractivity (Wildman–Crippen MR) is 120 cm³/mol. The molecule has 3 rings (SSSR count). The van der Waals surface area contributed by atoms with Crippen LogP contribution in [0, 0.1) is 5.92 Å². The van der Waals surface area contributed by atoms with Gasteiger partial charge in [-0.2, -0.15) is 5.01 Å². The quantitative estimate of drug-likeness (QED) is 0.516. The van der Waals surface area contributed by atoms with Gasteiger partial charge in [0.15, 0.2) is 4.32 Å². The highest BCUT2D eigenvalue weighted by molar-refractivity contribution is 8.26. The summed E-state index contributed by atoms with van der Waals surface area (Å²) >= 11 is 6.42. The molecule has 1 N–H and O–H groups in total. The Morgan fingerprint density at radius 3 is 2.55 bits per heavy atom. The van der Waals surface area contributed by atoms with Crippen molar-refractivity contribution in [3.05, 3.63) is 70.6 Å². The summed E-state index contributed by atoms with van der Waals surface area (Å²) < 4.78 is 6.05. The van der Waals surface area contributed by atoms with Crippen molar-refractivity contribution in [1.82, 2.24) is 10.4 Å². The van der Waals surface area contributed by atoms with E-state index in [1.807, 2.05) is 30.3 Å². The maximum atomic E-state index is 12.7. The van der Waals surface area contributed by atoms with E-state index in [4.69, 9.17) is 17.0 Å². The summed E-state index contributed by atoms with van der Waals surface area (Å²) in [6.07, 6.45) is 2.83. The highest BCUT2D eigenvalue weighted by Crippen LogP contribution is 2.31. The molecule has 1 saturated heterocycles. The lowest BCUT2D eigenvalue weighted by atomic mass is 10.1. The fraction of sp³-hybridized carbons (Fsp3) is 0.227. The van der Waals surface area contributed by atoms with Gasteiger partial charge in [-0.15, -0.1) is 0 Å². The molecule has 0 radical (unpaired) electrons. The van der Waals surface area contributed by atoms with Gasteiger partial charge in [-0.25, -0.2) is 0 Å². The molecule has 1 atom stereocenters. The van der Waals surface area contributed by atoms with Crippen molar-refractivity contribution in [3.8, 4) is 5.75 Å². The van der Waals surface area contributed by atoms with Crippen molar-refractivity contribution in [2.24, 2.45) is 5.92 Å². The molecule has 2 amide bonds. The summed E-state index contributed by atoms with van der Waals surface area (Å²) in [5, 5.41) is 1.12. The van der Waals surface area contributed by atoms with Gasteiger partial charge in [-0.05, 0) is 54.0 Å². The van der Waals surface area contributed by atoms with E-state index < -0.39 is 0 Å². The molecule has 1 unspecified atom stereocenters. The van der Waals surface area contributed by atoms with Crippen LogP contribution in [0.1, 0.15) is 36.2 Å². The Hall–Kier alpha value is -2.64. The summed E-state index contributed by atoms with van der Waals surface area (Å²) in [5.41, 5.74) is 3.89. The molecule has 1 heterocycles. The monoisotopic (exact) mass is 426 g/mol. The van der Waals surface area contributed by atoms with Crippen molar-refractivity contribution in [3.63, 3.8) is 0 Å². The van der Waals surface area contributed by atoms with Crippen LogP contribution in [0.5, 0.6) is 5.75 Å². The van der Waals surface area contributed by atoms with E-state index in [2.05, 4.69) is 19.3 Å². The summed E-state index contributed by atoms with van der Waals surface area (Å²) in [6, 6.07) is 16.2. The van der Waals surface area contributed by atoms with E-state index in [0.29, 0.717) is 27.3 Å². The van der Waals surface area contributed by atoms with Crippen molar-refractivity contribution in [1.29, 1.82) is 0 Å². The van der Waals surface area contributed by atoms with E-state index in [1.165, 1.54) is 0 Å². The zero-order valence-corrected chi connectivity index (χ0v) is 17.9. The van der Waals surface area contributed by atoms with Gasteiger partial charge in [0, 0.05) is 5.56 Å². The smallest absolute Gasteiger partial charge is 0.285 e. The number of carbonyl (C=O) groups excluding carboxylic acids is 2. The number of benzene rings is 2. The molecule has 7 heteroatoms. The van der Waals surface area contributed by atoms with Crippen LogP contribution in [0.25, 0.3) is 6.08 Å². The maximum Gasteiger partial charge on any atom is 0.285 e. The van der Waals surface area contributed by atoms with Crippen LogP contribution < -0.4 is 10.2 Å². The van der Waals surface area contributed by atoms with Crippen LogP contribution in [0.3, 0.4) is 0 Å². The summed E-state index contributed by atoms with van der Waals surface area (Å²) in [4.78, 5) is 25.4. The number of hydrogen-bond donors (Lipinski definition) is 1. The van der Waals surface area contributed by atoms with Crippen LogP contribution in [0.4, 0.5) is 0 Å². The van der Waals surface area contributed by atoms with Crippen molar-refractivity contribution in [2.45, 2.75) is 20.3 Å². The molecule has 0 aromatic heterocycles. The van der Waals surface area contributed by atoms with Gasteiger partial charge in [-0.3, -0.25) is 15.0 Å². The molecule has 0 bridgehead atoms. The molecule has 1 aliphatic heterocycles. The van der Waals surface area contributed by atoms with Gasteiger partial charge >= 0.3 is 0 Å². The highest BCUT2D eigenvalue weighted by atomic mass is 32.2. The highest BCUT2D eigenvalue weighted by Gasteiger charge is 2.33. The van der Waals surface area contributed by atoms with Crippen molar-refractivity contribution < 1.29 is 14.3 Å². The summed E-state index contributed by atoms with van der Waals surface area (Å²) in [7, 11) is 0. The number of thiocarbonyl (C=S) groups is 1. The average Bonchev–Trinajstić information content (AvgIpc) is 3.00. The van der Waals surface area contributed by atoms with Crippen LogP contribution in [0.2, 0.25) is 0 Å². The van der Waals surface area contributed by atoms with Crippen LogP contribution >= 0.6 is 24.0 Å². The fourth-order valence-corrected chi connectivity index (χ4v) is 3.67. The molecule has 2 aromatic carbocycles. The topological polar surface area (TPSA) is 58.6 Å². The fourth-order valence-electron chi connectivity index (χ4n) is 2.49. The standard InChI is InChI=1S/C22H22N2O3S2/c1-3-15(2)14-27-18-11-9-16(10-12-18)13-19-21(26)24(22(28)29-19)23-20(25)17-7-5-4-6-8-17/h4-13,15H,3,14H2,1-2H3,(H,23,25). The van der Waals surface area contributed by atoms with E-state index >= 15 is 0 Å². The molecule has 150 valence electrons. The van der Waals surface area contributed by atoms with E-state index in [-0.39, 0.29) is 11.8 Å². The average molecular weight is 427 g/mol. The third kappa shape index (κ3) is 5.46. The Balaban J connectivity index is 1.65. The molecule has 29 heavy (non-hydrogen) atoms. The number of thioether (sulfide) groups is 1. The lowest BCUT2D eigenvalue weighted by Gasteiger charge is -2.15. The van der Waals surface area contributed by atoms with Gasteiger partial charge in [-0.1, -0.05) is 62.4 Å². The van der Waals surface area contributed by atoms with Crippen LogP contribution in [0.15, 0.2) is 59.5 Å². The molecule has 0 aliphatic carbocycles. The first-order chi connectivity index (χ1) is 14.0. The van der Waals surface area contributed by atoms with Gasteiger partial charge in [0.25, 0.3) is 11.8 Å². The first kappa shape index (κ1) is 21.1. The van der Waals surface area contributed by atoms with Crippen molar-refractivity contribution >= 4 is 46.2 Å². The van der Waals surface area contributed by atoms with Crippen LogP contribution in [-0.4, -0.2) is 27.8 Å². The lowest BCUT2D eigenvalue weighted by Crippen LogP contribution is -2.44. The SMILES string of the molecule is CCC(C)COc1ccc(C=C2SC(=S)N(NC(=O)c3ccccc3)C2=O)cc1. The first-order valence-corrected chi connectivity index (χ1v) is 10.6. The largest absolute Gasteiger partial charge is 0.493 e. The number of nitrogens with zero attached hydrogens (tertiary/aromatic N) is 1. The molecule has 1 aliphatic rings. The van der Waals surface area contributed by atoms with Gasteiger partial charge in [0.2, 0.25) is 0 Å². The molecule has 0 saturated carbocycles. The van der Waals surface area contributed by atoms with E-state index in [0.717, 1.165) is 34.5 Å². The zero-order chi connectivity index (χ0) is 20.8. The second kappa shape index (κ2) is 9.71. The Labute approximate surface area is 180 Å². The summed E-state index contributed by atoms with van der Waals surface area (Å²) in [6.45, 7) is 4.96. The maximum absolute atomic E-state index is 12.7. The predicted octanol–water partition coefficient (Wildman–Crippen LogP) is 4.66. The Morgan fingerprint density at radius 1 is 1.21 bits per heavy atom. The molecular formula is C22H22N2O3S2. The van der Waals surface area contributed by atoms with Crippen LogP contribution in [-0.2, 0) is 4.79 Å². The second-order valence-electron chi connectivity index (χ2n) is 6.72. The van der Waals surface area contributed by atoms with E-state index in [1.54, 1.807) is 30.3 Å². The number of hydrazine groups is 1. The third-order valence-corrected chi connectivity index (χ3v) is 5.75. The number of hydrogen-bond acceptors (Lipinski definition) is 5. The first-order valence-electron chi connectivity index (χ1n) is 9.34. The molecular weight excluding hydrogens is 404 g/mol. The Morgan fingerprint density at radius 2 is 1.90 bits per heavy atom. The number of nitrogens with one attached hydrogen (secondary N) is 1. The third-order valence-electron chi connectivity index (χ3n) is 4.45. The van der Waals surface area contributed by atoms with Gasteiger partial charge in [0.05, 0.1) is 11.5 Å². The molecule has 2 aromatic rings. The second-order valence-corrected chi connectivity index (χ2v) is 8.39. The Kier molecular flexibility index (Phi) is 7.06. The minimum absolute atomic E-state index is 0.291. The number of carbonyl (C=O) groups is 2. The molecule has 1 fully saturated rings. The summed E-state index contributed by atoms with van der Waals surface area (Å²) in [5.74, 6) is 0.569. The van der Waals surface area contributed by atoms with E-state index in [9.17, 15) is 9.59 Å². The van der Waals surface area contributed by atoms with Gasteiger partial charge in [0.1, 0.15) is 5.75 Å². The number of rotatable bonds is 7. The van der Waals surface area contributed by atoms with Gasteiger partial charge < -0.3 is 4.74 Å². The minimum atomic E-state index is -0.383. The minimum Gasteiger partial charge on any atom is -0.493 e. The molecule has 0 spiro atoms. The number of amides is 2.